The molecule has 0 unspecified atom stereocenters. The zero-order chi connectivity index (χ0) is 15.7. The average molecular weight is 302 g/mol. The summed E-state index contributed by atoms with van der Waals surface area (Å²) < 4.78 is 5.38. The fourth-order valence-electron chi connectivity index (χ4n) is 3.86. The zero-order valence-electron chi connectivity index (χ0n) is 12.9. The molecule has 1 saturated carbocycles. The standard InChI is InChI=1S/C18H22O4/c1-2-12-3-4-13(19)9-14(12)17-15(20)10-18(11-16(17)21)5-7-22-8-6-18/h3-4,9,17,19H,2,5-8,10-11H2,1H3. The molecule has 1 aliphatic carbocycles. The van der Waals surface area contributed by atoms with Gasteiger partial charge in [-0.3, -0.25) is 9.59 Å². The van der Waals surface area contributed by atoms with Crippen LogP contribution in [0.4, 0.5) is 0 Å². The second-order valence-corrected chi connectivity index (χ2v) is 6.57. The van der Waals surface area contributed by atoms with E-state index in [0.717, 1.165) is 24.8 Å². The highest BCUT2D eigenvalue weighted by atomic mass is 16.5. The van der Waals surface area contributed by atoms with Crippen LogP contribution in [0.1, 0.15) is 49.7 Å². The number of ketones is 2. The van der Waals surface area contributed by atoms with E-state index in [9.17, 15) is 14.7 Å². The molecule has 22 heavy (non-hydrogen) atoms. The molecule has 0 radical (unpaired) electrons. The van der Waals surface area contributed by atoms with Crippen molar-refractivity contribution in [2.24, 2.45) is 5.41 Å². The van der Waals surface area contributed by atoms with E-state index in [1.165, 1.54) is 0 Å². The number of aromatic hydroxyl groups is 1. The van der Waals surface area contributed by atoms with Crippen molar-refractivity contribution in [2.45, 2.75) is 44.9 Å². The number of phenolic OH excluding ortho intramolecular Hbond substituents is 1. The third-order valence-electron chi connectivity index (χ3n) is 5.12. The highest BCUT2D eigenvalue weighted by Gasteiger charge is 2.46. The van der Waals surface area contributed by atoms with Crippen molar-refractivity contribution in [3.05, 3.63) is 29.3 Å². The molecule has 1 aromatic rings. The Bertz CT molecular complexity index is 579. The summed E-state index contributed by atoms with van der Waals surface area (Å²) in [6, 6.07) is 5.01. The second kappa shape index (κ2) is 5.84. The Morgan fingerprint density at radius 3 is 2.41 bits per heavy atom. The maximum atomic E-state index is 12.7. The van der Waals surface area contributed by atoms with Crippen molar-refractivity contribution in [1.82, 2.24) is 0 Å². The van der Waals surface area contributed by atoms with Crippen LogP contribution in [0.15, 0.2) is 18.2 Å². The van der Waals surface area contributed by atoms with Crippen LogP contribution in [0.3, 0.4) is 0 Å². The fourth-order valence-corrected chi connectivity index (χ4v) is 3.86. The van der Waals surface area contributed by atoms with Crippen LogP contribution in [0.25, 0.3) is 0 Å². The summed E-state index contributed by atoms with van der Waals surface area (Å²) >= 11 is 0. The molecule has 4 nitrogen and oxygen atoms in total. The molecule has 1 spiro atoms. The summed E-state index contributed by atoms with van der Waals surface area (Å²) in [7, 11) is 0. The summed E-state index contributed by atoms with van der Waals surface area (Å²) in [6.45, 7) is 3.27. The van der Waals surface area contributed by atoms with Gasteiger partial charge in [0.1, 0.15) is 23.2 Å². The molecule has 4 heteroatoms. The van der Waals surface area contributed by atoms with Crippen molar-refractivity contribution in [3.63, 3.8) is 0 Å². The minimum absolute atomic E-state index is 0.00144. The van der Waals surface area contributed by atoms with Gasteiger partial charge < -0.3 is 9.84 Å². The van der Waals surface area contributed by atoms with E-state index in [2.05, 4.69) is 0 Å². The smallest absolute Gasteiger partial charge is 0.148 e. The van der Waals surface area contributed by atoms with E-state index >= 15 is 0 Å². The molecule has 118 valence electrons. The largest absolute Gasteiger partial charge is 0.508 e. The molecule has 1 heterocycles. The molecule has 2 aliphatic rings. The lowest BCUT2D eigenvalue weighted by Gasteiger charge is -2.41. The number of carbonyl (C=O) groups is 2. The number of Topliss-reactive ketones (excluding diaryl/α,β-unsaturated/α-hetero) is 2. The maximum Gasteiger partial charge on any atom is 0.148 e. The van der Waals surface area contributed by atoms with Gasteiger partial charge in [-0.1, -0.05) is 13.0 Å². The Morgan fingerprint density at radius 1 is 1.18 bits per heavy atom. The minimum Gasteiger partial charge on any atom is -0.508 e. The van der Waals surface area contributed by atoms with Crippen LogP contribution in [-0.2, 0) is 20.7 Å². The van der Waals surface area contributed by atoms with Gasteiger partial charge in [-0.25, -0.2) is 0 Å². The van der Waals surface area contributed by atoms with Gasteiger partial charge in [0.2, 0.25) is 0 Å². The van der Waals surface area contributed by atoms with E-state index in [1.807, 2.05) is 13.0 Å². The van der Waals surface area contributed by atoms with Gasteiger partial charge in [-0.15, -0.1) is 0 Å². The summed E-state index contributed by atoms with van der Waals surface area (Å²) in [5, 5.41) is 9.74. The van der Waals surface area contributed by atoms with E-state index in [4.69, 9.17) is 4.74 Å². The van der Waals surface area contributed by atoms with Crippen LogP contribution in [0.2, 0.25) is 0 Å². The minimum atomic E-state index is -0.699. The molecular weight excluding hydrogens is 280 g/mol. The number of aryl methyl sites for hydroxylation is 1. The molecule has 1 saturated heterocycles. The first-order chi connectivity index (χ1) is 10.5. The molecule has 1 aliphatic heterocycles. The second-order valence-electron chi connectivity index (χ2n) is 6.57. The summed E-state index contributed by atoms with van der Waals surface area (Å²) in [5.74, 6) is -0.591. The number of hydrogen-bond donors (Lipinski definition) is 1. The lowest BCUT2D eigenvalue weighted by atomic mass is 9.63. The predicted molar refractivity (Wildman–Crippen MR) is 82.0 cm³/mol. The van der Waals surface area contributed by atoms with Gasteiger partial charge in [-0.2, -0.15) is 0 Å². The van der Waals surface area contributed by atoms with E-state index in [1.54, 1.807) is 12.1 Å². The maximum absolute atomic E-state index is 12.7. The lowest BCUT2D eigenvalue weighted by molar-refractivity contribution is -0.139. The van der Waals surface area contributed by atoms with Crippen LogP contribution in [0.5, 0.6) is 5.75 Å². The molecule has 0 bridgehead atoms. The summed E-state index contributed by atoms with van der Waals surface area (Å²) in [6.07, 6.45) is 3.22. The Kier molecular flexibility index (Phi) is 4.04. The molecule has 3 rings (SSSR count). The first-order valence-corrected chi connectivity index (χ1v) is 8.00. The van der Waals surface area contributed by atoms with Crippen molar-refractivity contribution in [1.29, 1.82) is 0 Å². The van der Waals surface area contributed by atoms with Gasteiger partial charge >= 0.3 is 0 Å². The molecular formula is C18H22O4. The highest BCUT2D eigenvalue weighted by Crippen LogP contribution is 2.46. The topological polar surface area (TPSA) is 63.6 Å². The van der Waals surface area contributed by atoms with Gasteiger partial charge in [0.25, 0.3) is 0 Å². The summed E-state index contributed by atoms with van der Waals surface area (Å²) in [4.78, 5) is 25.4. The number of ether oxygens (including phenoxy) is 1. The number of phenols is 1. The van der Waals surface area contributed by atoms with E-state index in [-0.39, 0.29) is 22.7 Å². The Morgan fingerprint density at radius 2 is 1.82 bits per heavy atom. The van der Waals surface area contributed by atoms with Crippen LogP contribution >= 0.6 is 0 Å². The number of carbonyl (C=O) groups excluding carboxylic acids is 2. The van der Waals surface area contributed by atoms with Crippen LogP contribution < -0.4 is 0 Å². The molecule has 0 atom stereocenters. The number of hydrogen-bond acceptors (Lipinski definition) is 4. The third kappa shape index (κ3) is 2.68. The van der Waals surface area contributed by atoms with Crippen molar-refractivity contribution in [2.75, 3.05) is 13.2 Å². The average Bonchev–Trinajstić information content (AvgIpc) is 2.47. The van der Waals surface area contributed by atoms with Gasteiger partial charge in [-0.05, 0) is 47.9 Å². The fraction of sp³-hybridized carbons (Fsp3) is 0.556. The van der Waals surface area contributed by atoms with Gasteiger partial charge in [0.15, 0.2) is 0 Å². The third-order valence-corrected chi connectivity index (χ3v) is 5.12. The van der Waals surface area contributed by atoms with Crippen molar-refractivity contribution in [3.8, 4) is 5.75 Å². The Balaban J connectivity index is 1.92. The first kappa shape index (κ1) is 15.2. The van der Waals surface area contributed by atoms with E-state index < -0.39 is 5.92 Å². The molecule has 1 aromatic carbocycles. The number of benzene rings is 1. The SMILES string of the molecule is CCc1ccc(O)cc1C1C(=O)CC2(CCOCC2)CC1=O. The van der Waals surface area contributed by atoms with Gasteiger partial charge in [0.05, 0.1) is 0 Å². The lowest BCUT2D eigenvalue weighted by Crippen LogP contribution is -2.42. The Hall–Kier alpha value is -1.68. The molecule has 0 aromatic heterocycles. The predicted octanol–water partition coefficient (Wildman–Crippen LogP) is 2.77. The van der Waals surface area contributed by atoms with Crippen molar-refractivity contribution < 1.29 is 19.4 Å². The van der Waals surface area contributed by atoms with Gasteiger partial charge in [0, 0.05) is 26.1 Å². The number of rotatable bonds is 2. The summed E-state index contributed by atoms with van der Waals surface area (Å²) in [5.41, 5.74) is 1.47. The molecule has 1 N–H and O–H groups in total. The first-order valence-electron chi connectivity index (χ1n) is 8.00. The Labute approximate surface area is 130 Å². The molecule has 0 amide bonds. The molecule has 2 fully saturated rings. The monoisotopic (exact) mass is 302 g/mol. The normalized spacial score (nSPS) is 22.2. The van der Waals surface area contributed by atoms with Crippen LogP contribution in [0, 0.1) is 5.41 Å². The highest BCUT2D eigenvalue weighted by molar-refractivity contribution is 6.10. The van der Waals surface area contributed by atoms with Crippen LogP contribution in [-0.4, -0.2) is 29.9 Å². The van der Waals surface area contributed by atoms with E-state index in [0.29, 0.717) is 31.6 Å². The zero-order valence-corrected chi connectivity index (χ0v) is 12.9. The van der Waals surface area contributed by atoms with Crippen molar-refractivity contribution >= 4 is 11.6 Å². The quantitative estimate of drug-likeness (QED) is 0.853.